The number of piperidine rings is 1. The first-order valence-electron chi connectivity index (χ1n) is 6.33. The van der Waals surface area contributed by atoms with Crippen molar-refractivity contribution in [2.24, 2.45) is 0 Å². The molecule has 2 atom stereocenters. The normalized spacial score (nSPS) is 22.9. The van der Waals surface area contributed by atoms with Crippen molar-refractivity contribution in [2.45, 2.75) is 31.1 Å². The Morgan fingerprint density at radius 3 is 2.52 bits per heavy atom. The summed E-state index contributed by atoms with van der Waals surface area (Å²) in [7, 11) is 0. The zero-order valence-corrected chi connectivity index (χ0v) is 10.8. The SMILES string of the molecule is O=C(NC1CCC(C(F)(F)F)NC1)c1cc(F)ccc1F. The van der Waals surface area contributed by atoms with Gasteiger partial charge in [-0.2, -0.15) is 13.2 Å². The minimum absolute atomic E-state index is 0.0765. The molecule has 0 spiro atoms. The summed E-state index contributed by atoms with van der Waals surface area (Å²) in [5, 5.41) is 4.68. The van der Waals surface area contributed by atoms with Crippen molar-refractivity contribution < 1.29 is 26.7 Å². The minimum atomic E-state index is -4.33. The Balaban J connectivity index is 1.94. The fourth-order valence-electron chi connectivity index (χ4n) is 2.19. The maximum absolute atomic E-state index is 13.4. The summed E-state index contributed by atoms with van der Waals surface area (Å²) in [4.78, 5) is 11.8. The summed E-state index contributed by atoms with van der Waals surface area (Å²) in [6.07, 6.45) is -4.40. The quantitative estimate of drug-likeness (QED) is 0.824. The first-order chi connectivity index (χ1) is 9.77. The summed E-state index contributed by atoms with van der Waals surface area (Å²) >= 11 is 0. The van der Waals surface area contributed by atoms with Crippen LogP contribution in [0.1, 0.15) is 23.2 Å². The molecule has 116 valence electrons. The highest BCUT2D eigenvalue weighted by Gasteiger charge is 2.41. The molecule has 0 bridgehead atoms. The van der Waals surface area contributed by atoms with Crippen molar-refractivity contribution in [2.75, 3.05) is 6.54 Å². The van der Waals surface area contributed by atoms with Crippen LogP contribution in [-0.2, 0) is 0 Å². The van der Waals surface area contributed by atoms with E-state index in [1.165, 1.54) is 0 Å². The number of carbonyl (C=O) groups excluding carboxylic acids is 1. The highest BCUT2D eigenvalue weighted by atomic mass is 19.4. The molecule has 1 heterocycles. The molecule has 1 saturated heterocycles. The van der Waals surface area contributed by atoms with E-state index in [4.69, 9.17) is 0 Å². The van der Waals surface area contributed by atoms with Crippen molar-refractivity contribution in [1.82, 2.24) is 10.6 Å². The predicted molar refractivity (Wildman–Crippen MR) is 64.7 cm³/mol. The maximum atomic E-state index is 13.4. The van der Waals surface area contributed by atoms with E-state index >= 15 is 0 Å². The van der Waals surface area contributed by atoms with Gasteiger partial charge in [0.05, 0.1) is 5.56 Å². The lowest BCUT2D eigenvalue weighted by atomic mass is 10.00. The van der Waals surface area contributed by atoms with E-state index in [2.05, 4.69) is 10.6 Å². The Labute approximate surface area is 117 Å². The summed E-state index contributed by atoms with van der Waals surface area (Å²) in [6.45, 7) is -0.0765. The van der Waals surface area contributed by atoms with E-state index in [1.807, 2.05) is 0 Å². The number of hydrogen-bond acceptors (Lipinski definition) is 2. The molecule has 1 aromatic carbocycles. The van der Waals surface area contributed by atoms with Crippen molar-refractivity contribution >= 4 is 5.91 Å². The molecular formula is C13H13F5N2O. The Kier molecular flexibility index (Phi) is 4.46. The molecule has 3 nitrogen and oxygen atoms in total. The van der Waals surface area contributed by atoms with Gasteiger partial charge in [-0.25, -0.2) is 8.78 Å². The van der Waals surface area contributed by atoms with Gasteiger partial charge in [0.2, 0.25) is 0 Å². The lowest BCUT2D eigenvalue weighted by Crippen LogP contribution is -2.54. The highest BCUT2D eigenvalue weighted by molar-refractivity contribution is 5.94. The van der Waals surface area contributed by atoms with Crippen LogP contribution in [0.25, 0.3) is 0 Å². The lowest BCUT2D eigenvalue weighted by Gasteiger charge is -2.31. The average molecular weight is 308 g/mol. The van der Waals surface area contributed by atoms with E-state index in [0.717, 1.165) is 18.2 Å². The van der Waals surface area contributed by atoms with Crippen LogP contribution in [0.5, 0.6) is 0 Å². The van der Waals surface area contributed by atoms with Gasteiger partial charge >= 0.3 is 6.18 Å². The maximum Gasteiger partial charge on any atom is 0.403 e. The molecule has 1 amide bonds. The number of benzene rings is 1. The molecule has 2 rings (SSSR count). The molecule has 21 heavy (non-hydrogen) atoms. The molecule has 0 aromatic heterocycles. The second kappa shape index (κ2) is 5.97. The Bertz CT molecular complexity index is 524. The van der Waals surface area contributed by atoms with E-state index in [9.17, 15) is 26.7 Å². The van der Waals surface area contributed by atoms with Crippen molar-refractivity contribution in [1.29, 1.82) is 0 Å². The number of halogens is 5. The van der Waals surface area contributed by atoms with Gasteiger partial charge in [-0.15, -0.1) is 0 Å². The molecule has 1 aliphatic heterocycles. The van der Waals surface area contributed by atoms with Gasteiger partial charge < -0.3 is 10.6 Å². The van der Waals surface area contributed by atoms with E-state index < -0.39 is 41.4 Å². The number of amides is 1. The topological polar surface area (TPSA) is 41.1 Å². The van der Waals surface area contributed by atoms with Gasteiger partial charge in [0, 0.05) is 12.6 Å². The van der Waals surface area contributed by atoms with Gasteiger partial charge in [-0.3, -0.25) is 4.79 Å². The molecule has 1 aromatic rings. The van der Waals surface area contributed by atoms with Gasteiger partial charge in [-0.05, 0) is 31.0 Å². The van der Waals surface area contributed by atoms with Crippen LogP contribution in [0.3, 0.4) is 0 Å². The molecule has 0 saturated carbocycles. The van der Waals surface area contributed by atoms with Crippen molar-refractivity contribution in [3.05, 3.63) is 35.4 Å². The van der Waals surface area contributed by atoms with E-state index in [0.29, 0.717) is 0 Å². The number of hydrogen-bond donors (Lipinski definition) is 2. The van der Waals surface area contributed by atoms with Crippen LogP contribution in [-0.4, -0.2) is 30.7 Å². The number of nitrogens with one attached hydrogen (secondary N) is 2. The van der Waals surface area contributed by atoms with E-state index in [1.54, 1.807) is 0 Å². The van der Waals surface area contributed by atoms with Crippen LogP contribution >= 0.6 is 0 Å². The number of rotatable bonds is 2. The van der Waals surface area contributed by atoms with Crippen LogP contribution in [0, 0.1) is 11.6 Å². The predicted octanol–water partition coefficient (Wildman–Crippen LogP) is 2.38. The average Bonchev–Trinajstić information content (AvgIpc) is 2.41. The molecule has 1 fully saturated rings. The number of carbonyl (C=O) groups is 1. The first kappa shape index (κ1) is 15.7. The summed E-state index contributed by atoms with van der Waals surface area (Å²) in [5.41, 5.74) is -0.465. The Morgan fingerprint density at radius 1 is 1.24 bits per heavy atom. The monoisotopic (exact) mass is 308 g/mol. The smallest absolute Gasteiger partial charge is 0.348 e. The van der Waals surface area contributed by atoms with Gasteiger partial charge in [0.25, 0.3) is 5.91 Å². The van der Waals surface area contributed by atoms with E-state index in [-0.39, 0.29) is 19.4 Å². The molecule has 2 N–H and O–H groups in total. The third-order valence-corrected chi connectivity index (χ3v) is 3.32. The van der Waals surface area contributed by atoms with Gasteiger partial charge in [0.1, 0.15) is 17.7 Å². The van der Waals surface area contributed by atoms with Crippen LogP contribution in [0.4, 0.5) is 22.0 Å². The molecule has 1 aliphatic rings. The summed E-state index contributed by atoms with van der Waals surface area (Å²) in [6, 6.07) is 0.292. The standard InChI is InChI=1S/C13H13F5N2O/c14-7-1-3-10(15)9(5-7)12(21)20-8-2-4-11(19-6-8)13(16,17)18/h1,3,5,8,11,19H,2,4,6H2,(H,20,21). The second-order valence-electron chi connectivity index (χ2n) is 4.87. The van der Waals surface area contributed by atoms with Gasteiger partial charge in [-0.1, -0.05) is 0 Å². The zero-order chi connectivity index (χ0) is 15.6. The number of alkyl halides is 3. The Morgan fingerprint density at radius 2 is 1.95 bits per heavy atom. The summed E-state index contributed by atoms with van der Waals surface area (Å²) < 4.78 is 63.7. The van der Waals surface area contributed by atoms with Gasteiger partial charge in [0.15, 0.2) is 0 Å². The zero-order valence-electron chi connectivity index (χ0n) is 10.8. The summed E-state index contributed by atoms with van der Waals surface area (Å²) in [5.74, 6) is -2.49. The fourth-order valence-corrected chi connectivity index (χ4v) is 2.19. The largest absolute Gasteiger partial charge is 0.403 e. The van der Waals surface area contributed by atoms with Crippen molar-refractivity contribution in [3.63, 3.8) is 0 Å². The molecule has 2 unspecified atom stereocenters. The third kappa shape index (κ3) is 3.90. The molecule has 0 radical (unpaired) electrons. The fraction of sp³-hybridized carbons (Fsp3) is 0.462. The van der Waals surface area contributed by atoms with Crippen LogP contribution in [0.15, 0.2) is 18.2 Å². The van der Waals surface area contributed by atoms with Crippen LogP contribution < -0.4 is 10.6 Å². The van der Waals surface area contributed by atoms with Crippen molar-refractivity contribution in [3.8, 4) is 0 Å². The second-order valence-corrected chi connectivity index (χ2v) is 4.87. The molecular weight excluding hydrogens is 295 g/mol. The minimum Gasteiger partial charge on any atom is -0.348 e. The lowest BCUT2D eigenvalue weighted by molar-refractivity contribution is -0.160. The third-order valence-electron chi connectivity index (χ3n) is 3.32. The van der Waals surface area contributed by atoms with Crippen LogP contribution in [0.2, 0.25) is 0 Å². The molecule has 8 heteroatoms. The Hall–Kier alpha value is -1.70. The molecule has 0 aliphatic carbocycles. The first-order valence-corrected chi connectivity index (χ1v) is 6.33. The highest BCUT2D eigenvalue weighted by Crippen LogP contribution is 2.26.